The fraction of sp³-hybridized carbons (Fsp3) is 0.310. The SMILES string of the molecule is Cc1ccccc1N(CC(=O)N(Cc1ccccc1)[C@H](C)C(=O)NCC(C)C)S(=O)(=O)c1ccc(Cl)cc1. The molecule has 0 bridgehead atoms. The third-order valence-electron chi connectivity index (χ3n) is 6.11. The minimum atomic E-state index is -4.14. The number of sulfonamides is 1. The summed E-state index contributed by atoms with van der Waals surface area (Å²) < 4.78 is 28.8. The van der Waals surface area contributed by atoms with E-state index in [1.165, 1.54) is 29.2 Å². The molecule has 202 valence electrons. The quantitative estimate of drug-likeness (QED) is 0.359. The fourth-order valence-electron chi connectivity index (χ4n) is 3.91. The number of benzene rings is 3. The number of nitrogens with zero attached hydrogens (tertiary/aromatic N) is 2. The summed E-state index contributed by atoms with van der Waals surface area (Å²) in [6, 6.07) is 21.3. The van der Waals surface area contributed by atoms with Gasteiger partial charge < -0.3 is 10.2 Å². The topological polar surface area (TPSA) is 86.8 Å². The Balaban J connectivity index is 2.01. The van der Waals surface area contributed by atoms with E-state index in [0.29, 0.717) is 22.8 Å². The second kappa shape index (κ2) is 12.9. The molecule has 0 aromatic heterocycles. The second-order valence-corrected chi connectivity index (χ2v) is 11.9. The zero-order chi connectivity index (χ0) is 27.9. The lowest BCUT2D eigenvalue weighted by Crippen LogP contribution is -2.51. The highest BCUT2D eigenvalue weighted by atomic mass is 35.5. The van der Waals surface area contributed by atoms with Crippen LogP contribution in [0.2, 0.25) is 5.02 Å². The molecule has 3 rings (SSSR count). The molecule has 1 N–H and O–H groups in total. The number of rotatable bonds is 11. The third kappa shape index (κ3) is 7.36. The predicted molar refractivity (Wildman–Crippen MR) is 151 cm³/mol. The lowest BCUT2D eigenvalue weighted by Gasteiger charge is -2.32. The predicted octanol–water partition coefficient (Wildman–Crippen LogP) is 5.03. The van der Waals surface area contributed by atoms with Crippen LogP contribution < -0.4 is 9.62 Å². The number of anilines is 1. The zero-order valence-corrected chi connectivity index (χ0v) is 23.7. The molecule has 3 aromatic rings. The van der Waals surface area contributed by atoms with Crippen molar-refractivity contribution in [2.24, 2.45) is 5.92 Å². The van der Waals surface area contributed by atoms with Gasteiger partial charge in [-0.3, -0.25) is 13.9 Å². The maximum atomic E-state index is 13.9. The summed E-state index contributed by atoms with van der Waals surface area (Å²) in [4.78, 5) is 28.3. The van der Waals surface area contributed by atoms with Crippen LogP contribution in [-0.4, -0.2) is 44.3 Å². The van der Waals surface area contributed by atoms with Gasteiger partial charge in [-0.05, 0) is 61.2 Å². The summed E-state index contributed by atoms with van der Waals surface area (Å²) in [5, 5.41) is 3.28. The van der Waals surface area contributed by atoms with Crippen LogP contribution >= 0.6 is 11.6 Å². The molecule has 0 fully saturated rings. The summed E-state index contributed by atoms with van der Waals surface area (Å²) in [6.45, 7) is 7.55. The van der Waals surface area contributed by atoms with Crippen molar-refractivity contribution in [3.8, 4) is 0 Å². The van der Waals surface area contributed by atoms with E-state index in [2.05, 4.69) is 5.32 Å². The monoisotopic (exact) mass is 555 g/mol. The Bertz CT molecular complexity index is 1350. The van der Waals surface area contributed by atoms with Crippen LogP contribution in [0.3, 0.4) is 0 Å². The molecule has 0 aliphatic heterocycles. The molecule has 0 radical (unpaired) electrons. The number of aryl methyl sites for hydroxylation is 1. The van der Waals surface area contributed by atoms with E-state index in [4.69, 9.17) is 11.6 Å². The molecule has 2 amide bonds. The molecule has 38 heavy (non-hydrogen) atoms. The van der Waals surface area contributed by atoms with Crippen molar-refractivity contribution >= 4 is 39.1 Å². The molecule has 3 aromatic carbocycles. The van der Waals surface area contributed by atoms with Crippen molar-refractivity contribution in [2.75, 3.05) is 17.4 Å². The summed E-state index contributed by atoms with van der Waals surface area (Å²) in [7, 11) is -4.14. The molecule has 0 heterocycles. The van der Waals surface area contributed by atoms with Crippen molar-refractivity contribution in [1.29, 1.82) is 0 Å². The van der Waals surface area contributed by atoms with Crippen molar-refractivity contribution in [2.45, 2.75) is 45.2 Å². The Hall–Kier alpha value is -3.36. The van der Waals surface area contributed by atoms with Gasteiger partial charge in [0, 0.05) is 18.1 Å². The van der Waals surface area contributed by atoms with Crippen LogP contribution in [-0.2, 0) is 26.2 Å². The van der Waals surface area contributed by atoms with Gasteiger partial charge >= 0.3 is 0 Å². The molecule has 0 saturated carbocycles. The average Bonchev–Trinajstić information content (AvgIpc) is 2.89. The average molecular weight is 556 g/mol. The van der Waals surface area contributed by atoms with Gasteiger partial charge in [0.25, 0.3) is 10.0 Å². The Morgan fingerprint density at radius 1 is 0.895 bits per heavy atom. The first-order chi connectivity index (χ1) is 18.0. The second-order valence-electron chi connectivity index (χ2n) is 9.57. The number of carbonyl (C=O) groups is 2. The molecule has 0 aliphatic carbocycles. The van der Waals surface area contributed by atoms with Crippen LogP contribution in [0.25, 0.3) is 0 Å². The van der Waals surface area contributed by atoms with Gasteiger partial charge in [0.1, 0.15) is 12.6 Å². The molecule has 0 saturated heterocycles. The van der Waals surface area contributed by atoms with Crippen molar-refractivity contribution in [3.63, 3.8) is 0 Å². The highest BCUT2D eigenvalue weighted by Crippen LogP contribution is 2.28. The molecular formula is C29H34ClN3O4S. The maximum absolute atomic E-state index is 13.9. The number of carbonyl (C=O) groups excluding carboxylic acids is 2. The Kier molecular flexibility index (Phi) is 9.94. The smallest absolute Gasteiger partial charge is 0.264 e. The van der Waals surface area contributed by atoms with E-state index in [9.17, 15) is 18.0 Å². The Morgan fingerprint density at radius 3 is 2.11 bits per heavy atom. The van der Waals surface area contributed by atoms with E-state index in [0.717, 1.165) is 9.87 Å². The summed E-state index contributed by atoms with van der Waals surface area (Å²) in [5.41, 5.74) is 1.90. The van der Waals surface area contributed by atoms with Gasteiger partial charge in [-0.1, -0.05) is 74.0 Å². The Morgan fingerprint density at radius 2 is 1.50 bits per heavy atom. The molecule has 0 aliphatic rings. The number of hydrogen-bond donors (Lipinski definition) is 1. The highest BCUT2D eigenvalue weighted by Gasteiger charge is 2.33. The first kappa shape index (κ1) is 29.2. The van der Waals surface area contributed by atoms with Crippen LogP contribution in [0.1, 0.15) is 31.9 Å². The van der Waals surface area contributed by atoms with E-state index >= 15 is 0 Å². The fourth-order valence-corrected chi connectivity index (χ4v) is 5.51. The number of nitrogens with one attached hydrogen (secondary N) is 1. The first-order valence-electron chi connectivity index (χ1n) is 12.5. The minimum Gasteiger partial charge on any atom is -0.354 e. The van der Waals surface area contributed by atoms with Gasteiger partial charge in [0.2, 0.25) is 11.8 Å². The van der Waals surface area contributed by atoms with E-state index in [1.807, 2.05) is 44.2 Å². The van der Waals surface area contributed by atoms with Gasteiger partial charge in [-0.2, -0.15) is 0 Å². The van der Waals surface area contributed by atoms with Crippen molar-refractivity contribution < 1.29 is 18.0 Å². The zero-order valence-electron chi connectivity index (χ0n) is 22.1. The van der Waals surface area contributed by atoms with Crippen LogP contribution in [0.5, 0.6) is 0 Å². The maximum Gasteiger partial charge on any atom is 0.264 e. The highest BCUT2D eigenvalue weighted by molar-refractivity contribution is 7.92. The van der Waals surface area contributed by atoms with Gasteiger partial charge in [0.15, 0.2) is 0 Å². The lowest BCUT2D eigenvalue weighted by molar-refractivity contribution is -0.139. The molecule has 9 heteroatoms. The molecule has 0 spiro atoms. The largest absolute Gasteiger partial charge is 0.354 e. The Labute approximate surface area is 230 Å². The van der Waals surface area contributed by atoms with Crippen LogP contribution in [0.4, 0.5) is 5.69 Å². The summed E-state index contributed by atoms with van der Waals surface area (Å²) >= 11 is 5.99. The van der Waals surface area contributed by atoms with Crippen LogP contribution in [0, 0.1) is 12.8 Å². The number of halogens is 1. The number of hydrogen-bond acceptors (Lipinski definition) is 4. The molecular weight excluding hydrogens is 522 g/mol. The third-order valence-corrected chi connectivity index (χ3v) is 8.14. The minimum absolute atomic E-state index is 0.00953. The van der Waals surface area contributed by atoms with Crippen molar-refractivity contribution in [3.05, 3.63) is 95.0 Å². The number of amides is 2. The first-order valence-corrected chi connectivity index (χ1v) is 14.3. The molecule has 1 atom stereocenters. The van der Waals surface area contributed by atoms with E-state index < -0.39 is 28.5 Å². The van der Waals surface area contributed by atoms with Gasteiger partial charge in [-0.15, -0.1) is 0 Å². The van der Waals surface area contributed by atoms with E-state index in [1.54, 1.807) is 38.1 Å². The van der Waals surface area contributed by atoms with Gasteiger partial charge in [0.05, 0.1) is 10.6 Å². The van der Waals surface area contributed by atoms with Gasteiger partial charge in [-0.25, -0.2) is 8.42 Å². The van der Waals surface area contributed by atoms with E-state index in [-0.39, 0.29) is 23.3 Å². The number of para-hydroxylation sites is 1. The standard InChI is InChI=1S/C29H34ClN3O4S/c1-21(2)18-31-29(35)23(4)32(19-24-11-6-5-7-12-24)28(34)20-33(27-13-9-8-10-22(27)3)38(36,37)26-16-14-25(30)15-17-26/h5-17,21,23H,18-20H2,1-4H3,(H,31,35)/t23-/m1/s1. The molecule has 7 nitrogen and oxygen atoms in total. The molecule has 0 unspecified atom stereocenters. The summed E-state index contributed by atoms with van der Waals surface area (Å²) in [5.74, 6) is -0.557. The normalized spacial score (nSPS) is 12.2. The lowest BCUT2D eigenvalue weighted by atomic mass is 10.1. The van der Waals surface area contributed by atoms with Crippen LogP contribution in [0.15, 0.2) is 83.8 Å². The summed E-state index contributed by atoms with van der Waals surface area (Å²) in [6.07, 6.45) is 0. The van der Waals surface area contributed by atoms with Crippen molar-refractivity contribution in [1.82, 2.24) is 10.2 Å².